The van der Waals surface area contributed by atoms with Crippen LogP contribution in [0.5, 0.6) is 17.2 Å². The Morgan fingerprint density at radius 1 is 1.06 bits per heavy atom. The average molecular weight is 478 g/mol. The third-order valence-electron chi connectivity index (χ3n) is 5.01. The highest BCUT2D eigenvalue weighted by atomic mass is 16.6. The first-order valence-electron chi connectivity index (χ1n) is 10.2. The predicted octanol–water partition coefficient (Wildman–Crippen LogP) is 2.00. The molecular formula is C22H22N8O5. The zero-order chi connectivity index (χ0) is 24.9. The Bertz CT molecular complexity index is 1380. The van der Waals surface area contributed by atoms with Gasteiger partial charge in [0.25, 0.3) is 5.91 Å². The second-order valence-electron chi connectivity index (χ2n) is 7.19. The van der Waals surface area contributed by atoms with Crippen molar-refractivity contribution in [1.82, 2.24) is 30.7 Å². The molecule has 35 heavy (non-hydrogen) atoms. The summed E-state index contributed by atoms with van der Waals surface area (Å²) in [6.07, 6.45) is 1.41. The molecule has 3 N–H and O–H groups in total. The summed E-state index contributed by atoms with van der Waals surface area (Å²) in [7, 11) is 4.54. The van der Waals surface area contributed by atoms with Crippen molar-refractivity contribution in [2.45, 2.75) is 6.92 Å². The van der Waals surface area contributed by atoms with Gasteiger partial charge in [0.05, 0.1) is 27.5 Å². The lowest BCUT2D eigenvalue weighted by Gasteiger charge is -2.11. The molecule has 2 aromatic heterocycles. The molecule has 1 amide bonds. The minimum Gasteiger partial charge on any atom is -0.496 e. The van der Waals surface area contributed by atoms with Crippen molar-refractivity contribution < 1.29 is 23.6 Å². The van der Waals surface area contributed by atoms with Gasteiger partial charge in [0.15, 0.2) is 17.2 Å². The van der Waals surface area contributed by atoms with Crippen molar-refractivity contribution in [1.29, 1.82) is 0 Å². The number of hydrogen-bond donors (Lipinski definition) is 2. The van der Waals surface area contributed by atoms with E-state index < -0.39 is 5.91 Å². The molecule has 0 radical (unpaired) electrons. The molecule has 2 aromatic carbocycles. The minimum absolute atomic E-state index is 0.00575. The van der Waals surface area contributed by atoms with E-state index >= 15 is 0 Å². The van der Waals surface area contributed by atoms with Crippen molar-refractivity contribution in [3.05, 3.63) is 53.2 Å². The molecule has 0 aliphatic rings. The van der Waals surface area contributed by atoms with Crippen LogP contribution in [0.2, 0.25) is 0 Å². The lowest BCUT2D eigenvalue weighted by Crippen LogP contribution is -2.19. The summed E-state index contributed by atoms with van der Waals surface area (Å²) in [6.45, 7) is 1.95. The summed E-state index contributed by atoms with van der Waals surface area (Å²) in [5.74, 6) is 0.925. The van der Waals surface area contributed by atoms with Gasteiger partial charge in [-0.3, -0.25) is 4.79 Å². The van der Waals surface area contributed by atoms with Crippen molar-refractivity contribution in [2.75, 3.05) is 27.1 Å². The molecule has 0 aliphatic heterocycles. The topological polar surface area (TPSA) is 165 Å². The number of amides is 1. The Labute approximate surface area is 199 Å². The van der Waals surface area contributed by atoms with Crippen molar-refractivity contribution in [3.63, 3.8) is 0 Å². The van der Waals surface area contributed by atoms with E-state index in [0.29, 0.717) is 34.1 Å². The lowest BCUT2D eigenvalue weighted by atomic mass is 10.1. The minimum atomic E-state index is -0.613. The molecule has 0 saturated heterocycles. The van der Waals surface area contributed by atoms with Crippen molar-refractivity contribution in [3.8, 4) is 34.3 Å². The molecule has 13 nitrogen and oxygen atoms in total. The number of methoxy groups -OCH3 is 3. The number of nitrogens with one attached hydrogen (secondary N) is 1. The lowest BCUT2D eigenvalue weighted by molar-refractivity contribution is 0.0950. The number of nitrogens with zero attached hydrogens (tertiary/aromatic N) is 6. The average Bonchev–Trinajstić information content (AvgIpc) is 3.50. The third kappa shape index (κ3) is 4.59. The van der Waals surface area contributed by atoms with Crippen LogP contribution in [-0.2, 0) is 0 Å². The largest absolute Gasteiger partial charge is 0.496 e. The molecule has 0 saturated carbocycles. The molecule has 0 atom stereocenters. The van der Waals surface area contributed by atoms with Gasteiger partial charge in [-0.15, -0.1) is 5.10 Å². The fourth-order valence-electron chi connectivity index (χ4n) is 3.26. The first kappa shape index (κ1) is 23.2. The third-order valence-corrected chi connectivity index (χ3v) is 5.01. The Morgan fingerprint density at radius 2 is 1.74 bits per heavy atom. The van der Waals surface area contributed by atoms with E-state index in [-0.39, 0.29) is 17.3 Å². The van der Waals surface area contributed by atoms with Crippen molar-refractivity contribution in [2.24, 2.45) is 5.10 Å². The molecule has 13 heteroatoms. The van der Waals surface area contributed by atoms with Gasteiger partial charge in [-0.25, -0.2) is 10.1 Å². The first-order chi connectivity index (χ1) is 17.0. The van der Waals surface area contributed by atoms with E-state index in [1.807, 2.05) is 31.2 Å². The van der Waals surface area contributed by atoms with Crippen LogP contribution < -0.4 is 25.4 Å². The van der Waals surface area contributed by atoms with Gasteiger partial charge < -0.3 is 19.9 Å². The smallest absolute Gasteiger partial charge is 0.294 e. The number of hydrazone groups is 1. The Kier molecular flexibility index (Phi) is 6.57. The summed E-state index contributed by atoms with van der Waals surface area (Å²) in [6, 6.07) is 10.7. The fourth-order valence-corrected chi connectivity index (χ4v) is 3.26. The first-order valence-corrected chi connectivity index (χ1v) is 10.2. The highest BCUT2D eigenvalue weighted by Crippen LogP contribution is 2.33. The summed E-state index contributed by atoms with van der Waals surface area (Å²) < 4.78 is 21.9. The van der Waals surface area contributed by atoms with Gasteiger partial charge in [0.2, 0.25) is 11.6 Å². The number of hydrogen-bond acceptors (Lipinski definition) is 11. The maximum absolute atomic E-state index is 13.0. The number of anilines is 1. The van der Waals surface area contributed by atoms with Crippen LogP contribution in [0.3, 0.4) is 0 Å². The number of nitrogens with two attached hydrogens (primary N) is 1. The van der Waals surface area contributed by atoms with Gasteiger partial charge in [0.1, 0.15) is 11.4 Å². The summed E-state index contributed by atoms with van der Waals surface area (Å²) in [4.78, 5) is 13.0. The van der Waals surface area contributed by atoms with Crippen LogP contribution in [0.25, 0.3) is 17.1 Å². The monoisotopic (exact) mass is 478 g/mol. The maximum atomic E-state index is 13.0. The number of ether oxygens (including phenoxy) is 3. The highest BCUT2D eigenvalue weighted by Gasteiger charge is 2.25. The number of benzene rings is 2. The van der Waals surface area contributed by atoms with Crippen LogP contribution in [0.1, 0.15) is 21.6 Å². The van der Waals surface area contributed by atoms with Gasteiger partial charge in [-0.2, -0.15) is 9.78 Å². The summed E-state index contributed by atoms with van der Waals surface area (Å²) >= 11 is 0. The van der Waals surface area contributed by atoms with Crippen LogP contribution >= 0.6 is 0 Å². The Balaban J connectivity index is 1.67. The zero-order valence-corrected chi connectivity index (χ0v) is 19.3. The number of carbonyl (C=O) groups is 1. The molecular weight excluding hydrogens is 456 g/mol. The second kappa shape index (κ2) is 9.91. The van der Waals surface area contributed by atoms with Crippen LogP contribution in [0.15, 0.2) is 46.1 Å². The second-order valence-corrected chi connectivity index (χ2v) is 7.19. The van der Waals surface area contributed by atoms with E-state index in [2.05, 4.69) is 35.8 Å². The van der Waals surface area contributed by atoms with E-state index in [9.17, 15) is 4.79 Å². The van der Waals surface area contributed by atoms with E-state index in [4.69, 9.17) is 19.9 Å². The number of carbonyl (C=O) groups excluding carboxylic acids is 1. The number of aromatic nitrogens is 5. The van der Waals surface area contributed by atoms with Gasteiger partial charge >= 0.3 is 0 Å². The van der Waals surface area contributed by atoms with Gasteiger partial charge in [-0.05, 0) is 23.3 Å². The van der Waals surface area contributed by atoms with Gasteiger partial charge in [-0.1, -0.05) is 35.0 Å². The Morgan fingerprint density at radius 3 is 2.37 bits per heavy atom. The fraction of sp³-hybridized carbons (Fsp3) is 0.182. The molecule has 2 heterocycles. The maximum Gasteiger partial charge on any atom is 0.294 e. The molecule has 4 rings (SSSR count). The zero-order valence-electron chi connectivity index (χ0n) is 19.3. The SMILES string of the molecule is COc1cc(OC)c(OC)cc1/C=N\NC(=O)c1nnn(-c2nonc2N)c1-c1ccc(C)cc1. The number of rotatable bonds is 8. The molecule has 0 bridgehead atoms. The summed E-state index contributed by atoms with van der Waals surface area (Å²) in [5, 5.41) is 19.4. The van der Waals surface area contributed by atoms with Crippen LogP contribution in [0.4, 0.5) is 5.82 Å². The van der Waals surface area contributed by atoms with Crippen molar-refractivity contribution >= 4 is 17.9 Å². The van der Waals surface area contributed by atoms with Crippen LogP contribution in [0, 0.1) is 6.92 Å². The summed E-state index contributed by atoms with van der Waals surface area (Å²) in [5.41, 5.74) is 10.9. The molecule has 0 fully saturated rings. The highest BCUT2D eigenvalue weighted by molar-refractivity contribution is 5.99. The van der Waals surface area contributed by atoms with E-state index in [1.54, 1.807) is 12.1 Å². The normalized spacial score (nSPS) is 11.0. The number of nitrogen functional groups attached to an aromatic ring is 1. The molecule has 0 aliphatic carbocycles. The predicted molar refractivity (Wildman–Crippen MR) is 125 cm³/mol. The molecule has 0 unspecified atom stereocenters. The van der Waals surface area contributed by atoms with Gasteiger partial charge in [0, 0.05) is 17.2 Å². The molecule has 0 spiro atoms. The Hall–Kier alpha value is -4.94. The number of aryl methyl sites for hydroxylation is 1. The van der Waals surface area contributed by atoms with Crippen LogP contribution in [-0.4, -0.2) is 58.8 Å². The molecule has 4 aromatic rings. The van der Waals surface area contributed by atoms with E-state index in [1.165, 1.54) is 32.2 Å². The quantitative estimate of drug-likeness (QED) is 0.282. The molecule has 180 valence electrons. The standard InChI is InChI=1S/C22H22N8O5/c1-12-5-7-13(8-6-12)19-18(25-29-30(19)21-20(23)27-35-28-21)22(31)26-24-11-14-9-16(33-3)17(34-4)10-15(14)32-2/h5-11H,1-4H3,(H2,23,27)(H,26,31)/b24-11-. The van der Waals surface area contributed by atoms with E-state index in [0.717, 1.165) is 5.56 Å².